The molecule has 1 rings (SSSR count). The highest BCUT2D eigenvalue weighted by Crippen LogP contribution is 2.32. The molecule has 1 unspecified atom stereocenters. The molecule has 1 N–H and O–H groups in total. The standard InChI is InChI=1S/C13H26O/c1-3-4-10-13(2,14)11-12-8-6-5-7-9-12/h12,14H,3-11H2,1-2H3. The molecule has 0 radical (unpaired) electrons. The minimum atomic E-state index is -0.391. The van der Waals surface area contributed by atoms with Gasteiger partial charge in [0, 0.05) is 0 Å². The fraction of sp³-hybridized carbons (Fsp3) is 1.00. The molecule has 0 spiro atoms. The van der Waals surface area contributed by atoms with E-state index in [4.69, 9.17) is 0 Å². The van der Waals surface area contributed by atoms with Gasteiger partial charge in [0.25, 0.3) is 0 Å². The summed E-state index contributed by atoms with van der Waals surface area (Å²) < 4.78 is 0. The van der Waals surface area contributed by atoms with Gasteiger partial charge in [0.2, 0.25) is 0 Å². The van der Waals surface area contributed by atoms with Gasteiger partial charge >= 0.3 is 0 Å². The van der Waals surface area contributed by atoms with Crippen LogP contribution in [0.4, 0.5) is 0 Å². The average Bonchev–Trinajstić information content (AvgIpc) is 2.16. The molecule has 84 valence electrons. The van der Waals surface area contributed by atoms with Crippen LogP contribution in [-0.4, -0.2) is 10.7 Å². The SMILES string of the molecule is CCCCC(C)(O)CC1CCCCC1. The van der Waals surface area contributed by atoms with Crippen LogP contribution in [0, 0.1) is 5.92 Å². The van der Waals surface area contributed by atoms with Crippen molar-refractivity contribution in [1.29, 1.82) is 0 Å². The van der Waals surface area contributed by atoms with Gasteiger partial charge in [0.1, 0.15) is 0 Å². The van der Waals surface area contributed by atoms with E-state index in [2.05, 4.69) is 6.92 Å². The zero-order chi connectivity index (χ0) is 10.4. The Morgan fingerprint density at radius 1 is 1.21 bits per heavy atom. The molecule has 0 saturated heterocycles. The van der Waals surface area contributed by atoms with E-state index in [0.29, 0.717) is 0 Å². The summed E-state index contributed by atoms with van der Waals surface area (Å²) in [5.41, 5.74) is -0.391. The van der Waals surface area contributed by atoms with Crippen LogP contribution >= 0.6 is 0 Å². The third-order valence-electron chi connectivity index (χ3n) is 3.52. The van der Waals surface area contributed by atoms with Crippen LogP contribution in [0.25, 0.3) is 0 Å². The van der Waals surface area contributed by atoms with E-state index in [1.807, 2.05) is 6.92 Å². The van der Waals surface area contributed by atoms with Crippen LogP contribution in [0.1, 0.15) is 71.6 Å². The van der Waals surface area contributed by atoms with Crippen LogP contribution in [-0.2, 0) is 0 Å². The monoisotopic (exact) mass is 198 g/mol. The molecule has 1 heteroatoms. The maximum Gasteiger partial charge on any atom is 0.0622 e. The topological polar surface area (TPSA) is 20.2 Å². The van der Waals surface area contributed by atoms with Crippen LogP contribution in [0.15, 0.2) is 0 Å². The fourth-order valence-electron chi connectivity index (χ4n) is 2.67. The predicted molar refractivity (Wildman–Crippen MR) is 61.3 cm³/mol. The van der Waals surface area contributed by atoms with Crippen molar-refractivity contribution in [2.75, 3.05) is 0 Å². The minimum absolute atomic E-state index is 0.391. The Bertz CT molecular complexity index is 145. The Balaban J connectivity index is 2.25. The molecule has 14 heavy (non-hydrogen) atoms. The van der Waals surface area contributed by atoms with Crippen molar-refractivity contribution in [3.63, 3.8) is 0 Å². The molecule has 1 saturated carbocycles. The summed E-state index contributed by atoms with van der Waals surface area (Å²) in [5.74, 6) is 0.801. The van der Waals surface area contributed by atoms with Gasteiger partial charge in [-0.15, -0.1) is 0 Å². The van der Waals surface area contributed by atoms with Gasteiger partial charge in [-0.05, 0) is 25.7 Å². The second kappa shape index (κ2) is 5.75. The van der Waals surface area contributed by atoms with Crippen molar-refractivity contribution in [3.8, 4) is 0 Å². The van der Waals surface area contributed by atoms with Crippen LogP contribution in [0.2, 0.25) is 0 Å². The quantitative estimate of drug-likeness (QED) is 0.710. The highest BCUT2D eigenvalue weighted by atomic mass is 16.3. The number of hydrogen-bond acceptors (Lipinski definition) is 1. The molecular weight excluding hydrogens is 172 g/mol. The second-order valence-corrected chi connectivity index (χ2v) is 5.31. The van der Waals surface area contributed by atoms with Gasteiger partial charge in [-0.2, -0.15) is 0 Å². The summed E-state index contributed by atoms with van der Waals surface area (Å²) in [7, 11) is 0. The molecule has 0 heterocycles. The lowest BCUT2D eigenvalue weighted by atomic mass is 9.80. The molecule has 0 aliphatic heterocycles. The molecule has 1 aliphatic carbocycles. The first-order valence-corrected chi connectivity index (χ1v) is 6.36. The van der Waals surface area contributed by atoms with Gasteiger partial charge in [0.05, 0.1) is 5.60 Å². The number of rotatable bonds is 5. The third-order valence-corrected chi connectivity index (χ3v) is 3.52. The summed E-state index contributed by atoms with van der Waals surface area (Å²) in [6, 6.07) is 0. The number of aliphatic hydroxyl groups is 1. The molecule has 0 aromatic carbocycles. The average molecular weight is 198 g/mol. The van der Waals surface area contributed by atoms with Crippen molar-refractivity contribution in [1.82, 2.24) is 0 Å². The van der Waals surface area contributed by atoms with Crippen LogP contribution in [0.3, 0.4) is 0 Å². The Labute approximate surface area is 88.9 Å². The molecule has 0 aromatic heterocycles. The maximum atomic E-state index is 10.2. The van der Waals surface area contributed by atoms with Gasteiger partial charge < -0.3 is 5.11 Å². The maximum absolute atomic E-state index is 10.2. The first-order valence-electron chi connectivity index (χ1n) is 6.36. The van der Waals surface area contributed by atoms with E-state index in [1.165, 1.54) is 44.9 Å². The van der Waals surface area contributed by atoms with E-state index in [-0.39, 0.29) is 0 Å². The van der Waals surface area contributed by atoms with Crippen LogP contribution in [0.5, 0.6) is 0 Å². The molecule has 0 bridgehead atoms. The molecule has 1 atom stereocenters. The Morgan fingerprint density at radius 2 is 1.86 bits per heavy atom. The third kappa shape index (κ3) is 4.45. The van der Waals surface area contributed by atoms with Crippen molar-refractivity contribution in [2.45, 2.75) is 77.2 Å². The predicted octanol–water partition coefficient (Wildman–Crippen LogP) is 3.90. The molecule has 1 fully saturated rings. The van der Waals surface area contributed by atoms with Crippen molar-refractivity contribution in [3.05, 3.63) is 0 Å². The molecule has 0 amide bonds. The highest BCUT2D eigenvalue weighted by molar-refractivity contribution is 4.78. The van der Waals surface area contributed by atoms with E-state index in [1.54, 1.807) is 0 Å². The summed E-state index contributed by atoms with van der Waals surface area (Å²) >= 11 is 0. The first kappa shape index (κ1) is 12.0. The van der Waals surface area contributed by atoms with E-state index < -0.39 is 5.60 Å². The lowest BCUT2D eigenvalue weighted by Gasteiger charge is -2.30. The van der Waals surface area contributed by atoms with E-state index in [0.717, 1.165) is 18.8 Å². The summed E-state index contributed by atoms with van der Waals surface area (Å²) in [5, 5.41) is 10.2. The lowest BCUT2D eigenvalue weighted by Crippen LogP contribution is -2.28. The molecule has 1 nitrogen and oxygen atoms in total. The first-order chi connectivity index (χ1) is 6.64. The van der Waals surface area contributed by atoms with Gasteiger partial charge in [-0.25, -0.2) is 0 Å². The number of hydrogen-bond donors (Lipinski definition) is 1. The van der Waals surface area contributed by atoms with Crippen molar-refractivity contribution in [2.24, 2.45) is 5.92 Å². The minimum Gasteiger partial charge on any atom is -0.390 e. The zero-order valence-electron chi connectivity index (χ0n) is 9.89. The summed E-state index contributed by atoms with van der Waals surface area (Å²) in [4.78, 5) is 0. The molecular formula is C13H26O. The Hall–Kier alpha value is -0.0400. The van der Waals surface area contributed by atoms with E-state index >= 15 is 0 Å². The van der Waals surface area contributed by atoms with Crippen molar-refractivity contribution >= 4 is 0 Å². The zero-order valence-corrected chi connectivity index (χ0v) is 9.89. The highest BCUT2D eigenvalue weighted by Gasteiger charge is 2.25. The van der Waals surface area contributed by atoms with Crippen molar-refractivity contribution < 1.29 is 5.11 Å². The smallest absolute Gasteiger partial charge is 0.0622 e. The second-order valence-electron chi connectivity index (χ2n) is 5.31. The van der Waals surface area contributed by atoms with Gasteiger partial charge in [0.15, 0.2) is 0 Å². The van der Waals surface area contributed by atoms with Gasteiger partial charge in [-0.3, -0.25) is 0 Å². The van der Waals surface area contributed by atoms with Gasteiger partial charge in [-0.1, -0.05) is 51.9 Å². The van der Waals surface area contributed by atoms with E-state index in [9.17, 15) is 5.11 Å². The Morgan fingerprint density at radius 3 is 2.43 bits per heavy atom. The summed E-state index contributed by atoms with van der Waals surface area (Å²) in [6.07, 6.45) is 11.3. The van der Waals surface area contributed by atoms with Crippen LogP contribution < -0.4 is 0 Å². The molecule has 0 aromatic rings. The normalized spacial score (nSPS) is 23.4. The Kier molecular flexibility index (Phi) is 4.94. The summed E-state index contributed by atoms with van der Waals surface area (Å²) in [6.45, 7) is 4.22. The lowest BCUT2D eigenvalue weighted by molar-refractivity contribution is 0.0177. The largest absolute Gasteiger partial charge is 0.390 e. The number of unbranched alkanes of at least 4 members (excludes halogenated alkanes) is 1. The fourth-order valence-corrected chi connectivity index (χ4v) is 2.67. The molecule has 1 aliphatic rings.